The first-order valence-corrected chi connectivity index (χ1v) is 4.34. The average Bonchev–Trinajstić information content (AvgIpc) is 2.15. The van der Waals surface area contributed by atoms with Crippen molar-refractivity contribution in [3.05, 3.63) is 24.0 Å². The zero-order chi connectivity index (χ0) is 9.68. The largest absolute Gasteiger partial charge is 0.492 e. The third kappa shape index (κ3) is 2.86. The first-order chi connectivity index (χ1) is 6.24. The van der Waals surface area contributed by atoms with Gasteiger partial charge in [-0.25, -0.2) is 4.98 Å². The predicted molar refractivity (Wildman–Crippen MR) is 50.0 cm³/mol. The second-order valence-corrected chi connectivity index (χ2v) is 2.78. The molecule has 0 aromatic carbocycles. The quantitative estimate of drug-likeness (QED) is 0.664. The van der Waals surface area contributed by atoms with Crippen molar-refractivity contribution in [3.63, 3.8) is 0 Å². The van der Waals surface area contributed by atoms with Gasteiger partial charge in [0.1, 0.15) is 11.4 Å². The molecule has 0 aliphatic heterocycles. The molecule has 0 unspecified atom stereocenters. The Morgan fingerprint density at radius 3 is 2.77 bits per heavy atom. The van der Waals surface area contributed by atoms with Crippen LogP contribution in [0.3, 0.4) is 0 Å². The van der Waals surface area contributed by atoms with Crippen molar-refractivity contribution in [2.75, 3.05) is 6.61 Å². The number of hydrogen-bond donors (Lipinski definition) is 0. The van der Waals surface area contributed by atoms with Crippen LogP contribution in [0.4, 0.5) is 0 Å². The summed E-state index contributed by atoms with van der Waals surface area (Å²) in [6.45, 7) is 4.22. The Balaban J connectivity index is 2.64. The van der Waals surface area contributed by atoms with Crippen molar-refractivity contribution in [1.82, 2.24) is 4.98 Å². The summed E-state index contributed by atoms with van der Waals surface area (Å²) >= 11 is 0. The van der Waals surface area contributed by atoms with Gasteiger partial charge in [-0.15, -0.1) is 0 Å². The molecule has 0 aliphatic rings. The number of carbonyl (C=O) groups excluding carboxylic acids is 1. The molecule has 3 heteroatoms. The maximum atomic E-state index is 10.9. The van der Waals surface area contributed by atoms with Crippen molar-refractivity contribution in [2.24, 2.45) is 0 Å². The molecule has 0 radical (unpaired) electrons. The molecule has 3 nitrogen and oxygen atoms in total. The zero-order valence-electron chi connectivity index (χ0n) is 7.91. The molecule has 13 heavy (non-hydrogen) atoms. The highest BCUT2D eigenvalue weighted by Gasteiger charge is 2.00. The van der Waals surface area contributed by atoms with E-state index in [4.69, 9.17) is 4.74 Å². The summed E-state index contributed by atoms with van der Waals surface area (Å²) in [7, 11) is 0. The molecule has 0 N–H and O–H groups in total. The summed E-state index contributed by atoms with van der Waals surface area (Å²) in [4.78, 5) is 14.8. The lowest BCUT2D eigenvalue weighted by atomic mass is 10.3. The Morgan fingerprint density at radius 1 is 1.54 bits per heavy atom. The first-order valence-electron chi connectivity index (χ1n) is 4.34. The van der Waals surface area contributed by atoms with Crippen LogP contribution in [0.1, 0.15) is 30.8 Å². The van der Waals surface area contributed by atoms with E-state index in [1.807, 2.05) is 6.92 Å². The zero-order valence-corrected chi connectivity index (χ0v) is 7.91. The van der Waals surface area contributed by atoms with Gasteiger partial charge in [0.25, 0.3) is 0 Å². The average molecular weight is 179 g/mol. The van der Waals surface area contributed by atoms with Crippen LogP contribution in [0.2, 0.25) is 0 Å². The van der Waals surface area contributed by atoms with Crippen molar-refractivity contribution < 1.29 is 9.53 Å². The molecule has 0 atom stereocenters. The van der Waals surface area contributed by atoms with E-state index in [9.17, 15) is 4.79 Å². The molecule has 0 saturated carbocycles. The van der Waals surface area contributed by atoms with Crippen LogP contribution in [0.25, 0.3) is 0 Å². The van der Waals surface area contributed by atoms with Crippen LogP contribution < -0.4 is 4.74 Å². The SMILES string of the molecule is CCCOc1ccc(C(C)=O)nc1. The van der Waals surface area contributed by atoms with Gasteiger partial charge in [0.05, 0.1) is 12.8 Å². The summed E-state index contributed by atoms with van der Waals surface area (Å²) in [5.41, 5.74) is 0.476. The van der Waals surface area contributed by atoms with E-state index >= 15 is 0 Å². The van der Waals surface area contributed by atoms with E-state index < -0.39 is 0 Å². The molecule has 0 amide bonds. The molecule has 1 heterocycles. The summed E-state index contributed by atoms with van der Waals surface area (Å²) in [6, 6.07) is 3.44. The molecular weight excluding hydrogens is 166 g/mol. The molecule has 0 spiro atoms. The van der Waals surface area contributed by atoms with E-state index in [0.717, 1.165) is 6.42 Å². The van der Waals surface area contributed by atoms with Gasteiger partial charge >= 0.3 is 0 Å². The maximum Gasteiger partial charge on any atom is 0.178 e. The minimum Gasteiger partial charge on any atom is -0.492 e. The Hall–Kier alpha value is -1.38. The van der Waals surface area contributed by atoms with Crippen molar-refractivity contribution in [3.8, 4) is 5.75 Å². The minimum absolute atomic E-state index is 0.0259. The van der Waals surface area contributed by atoms with Crippen molar-refractivity contribution in [1.29, 1.82) is 0 Å². The van der Waals surface area contributed by atoms with Gasteiger partial charge in [-0.05, 0) is 18.6 Å². The first kappa shape index (κ1) is 9.71. The number of pyridine rings is 1. The predicted octanol–water partition coefficient (Wildman–Crippen LogP) is 2.07. The fourth-order valence-corrected chi connectivity index (χ4v) is 0.894. The van der Waals surface area contributed by atoms with Crippen LogP contribution in [0.5, 0.6) is 5.75 Å². The number of nitrogens with zero attached hydrogens (tertiary/aromatic N) is 1. The van der Waals surface area contributed by atoms with Gasteiger partial charge in [0.15, 0.2) is 5.78 Å². The van der Waals surface area contributed by atoms with Gasteiger partial charge in [-0.1, -0.05) is 6.92 Å². The van der Waals surface area contributed by atoms with Crippen LogP contribution in [0, 0.1) is 0 Å². The number of carbonyl (C=O) groups is 1. The summed E-state index contributed by atoms with van der Waals surface area (Å²) in [5, 5.41) is 0. The topological polar surface area (TPSA) is 39.2 Å². The van der Waals surface area contributed by atoms with Crippen LogP contribution in [-0.2, 0) is 0 Å². The van der Waals surface area contributed by atoms with E-state index in [0.29, 0.717) is 18.1 Å². The second-order valence-electron chi connectivity index (χ2n) is 2.78. The molecule has 1 rings (SSSR count). The number of aromatic nitrogens is 1. The Labute approximate surface area is 77.8 Å². The highest BCUT2D eigenvalue weighted by molar-refractivity contribution is 5.92. The number of hydrogen-bond acceptors (Lipinski definition) is 3. The van der Waals surface area contributed by atoms with Crippen LogP contribution in [-0.4, -0.2) is 17.4 Å². The van der Waals surface area contributed by atoms with E-state index in [1.165, 1.54) is 6.92 Å². The van der Waals surface area contributed by atoms with Crippen molar-refractivity contribution >= 4 is 5.78 Å². The second kappa shape index (κ2) is 4.60. The van der Waals surface area contributed by atoms with Gasteiger partial charge in [0, 0.05) is 6.92 Å². The lowest BCUT2D eigenvalue weighted by Gasteiger charge is -2.03. The third-order valence-electron chi connectivity index (χ3n) is 1.57. The summed E-state index contributed by atoms with van der Waals surface area (Å²) in [6.07, 6.45) is 2.54. The van der Waals surface area contributed by atoms with Crippen molar-refractivity contribution in [2.45, 2.75) is 20.3 Å². The molecule has 0 saturated heterocycles. The molecular formula is C10H13NO2. The number of Topliss-reactive ketones (excluding diaryl/α,β-unsaturated/α-hetero) is 1. The van der Waals surface area contributed by atoms with E-state index in [1.54, 1.807) is 18.3 Å². The minimum atomic E-state index is -0.0259. The number of ketones is 1. The Kier molecular flexibility index (Phi) is 3.43. The third-order valence-corrected chi connectivity index (χ3v) is 1.57. The Morgan fingerprint density at radius 2 is 2.31 bits per heavy atom. The lowest BCUT2D eigenvalue weighted by Crippen LogP contribution is -1.99. The molecule has 1 aromatic rings. The monoisotopic (exact) mass is 179 g/mol. The fraction of sp³-hybridized carbons (Fsp3) is 0.400. The van der Waals surface area contributed by atoms with Crippen LogP contribution in [0.15, 0.2) is 18.3 Å². The van der Waals surface area contributed by atoms with Gasteiger partial charge in [-0.2, -0.15) is 0 Å². The lowest BCUT2D eigenvalue weighted by molar-refractivity contribution is 0.101. The molecule has 0 aliphatic carbocycles. The molecule has 0 bridgehead atoms. The van der Waals surface area contributed by atoms with Crippen LogP contribution >= 0.6 is 0 Å². The number of rotatable bonds is 4. The van der Waals surface area contributed by atoms with E-state index in [2.05, 4.69) is 4.98 Å². The smallest absolute Gasteiger partial charge is 0.178 e. The highest BCUT2D eigenvalue weighted by atomic mass is 16.5. The standard InChI is InChI=1S/C10H13NO2/c1-3-6-13-9-4-5-10(8(2)12)11-7-9/h4-5,7H,3,6H2,1-2H3. The Bertz CT molecular complexity index is 279. The van der Waals surface area contributed by atoms with Gasteiger partial charge in [-0.3, -0.25) is 4.79 Å². The maximum absolute atomic E-state index is 10.9. The summed E-state index contributed by atoms with van der Waals surface area (Å²) < 4.78 is 5.32. The van der Waals surface area contributed by atoms with E-state index in [-0.39, 0.29) is 5.78 Å². The van der Waals surface area contributed by atoms with Gasteiger partial charge < -0.3 is 4.74 Å². The van der Waals surface area contributed by atoms with Gasteiger partial charge in [0.2, 0.25) is 0 Å². The normalized spacial score (nSPS) is 9.69. The molecule has 70 valence electrons. The fourth-order valence-electron chi connectivity index (χ4n) is 0.894. The highest BCUT2D eigenvalue weighted by Crippen LogP contribution is 2.09. The molecule has 1 aromatic heterocycles. The summed E-state index contributed by atoms with van der Waals surface area (Å²) in [5.74, 6) is 0.689. The molecule has 0 fully saturated rings. The number of ether oxygens (including phenoxy) is 1.